The van der Waals surface area contributed by atoms with Crippen molar-refractivity contribution in [2.45, 2.75) is 26.4 Å². The molecule has 0 amide bonds. The first-order valence-electron chi connectivity index (χ1n) is 6.85. The minimum atomic E-state index is 0.183. The summed E-state index contributed by atoms with van der Waals surface area (Å²) in [6, 6.07) is 7.89. The molecule has 1 fully saturated rings. The maximum absolute atomic E-state index is 6.07. The summed E-state index contributed by atoms with van der Waals surface area (Å²) in [5, 5.41) is 3.37. The number of benzene rings is 1. The monoisotopic (exact) mass is 257 g/mol. The molecule has 100 valence electrons. The van der Waals surface area contributed by atoms with Gasteiger partial charge in [0.15, 0.2) is 0 Å². The van der Waals surface area contributed by atoms with Crippen LogP contribution in [0.15, 0.2) is 24.3 Å². The lowest BCUT2D eigenvalue weighted by Gasteiger charge is -2.29. The number of aromatic nitrogens is 2. The van der Waals surface area contributed by atoms with Crippen molar-refractivity contribution >= 4 is 11.0 Å². The normalized spacial score (nSPS) is 23.5. The second kappa shape index (κ2) is 5.13. The highest BCUT2D eigenvalue weighted by Gasteiger charge is 2.24. The van der Waals surface area contributed by atoms with Gasteiger partial charge < -0.3 is 10.1 Å². The van der Waals surface area contributed by atoms with Gasteiger partial charge in [-0.05, 0) is 37.9 Å². The van der Waals surface area contributed by atoms with Gasteiger partial charge in [0.05, 0.1) is 11.0 Å². The summed E-state index contributed by atoms with van der Waals surface area (Å²) in [4.78, 5) is 9.15. The lowest BCUT2D eigenvalue weighted by atomic mass is 9.97. The minimum absolute atomic E-state index is 0.183. The largest absolute Gasteiger partial charge is 0.471 e. The van der Waals surface area contributed by atoms with Crippen LogP contribution in [0.5, 0.6) is 5.88 Å². The molecule has 1 aliphatic heterocycles. The number of nitrogens with zero attached hydrogens (tertiary/aromatic N) is 2. The van der Waals surface area contributed by atoms with E-state index in [0.29, 0.717) is 11.8 Å². The summed E-state index contributed by atoms with van der Waals surface area (Å²) in [5.74, 6) is 1.22. The summed E-state index contributed by atoms with van der Waals surface area (Å²) in [6.45, 7) is 6.14. The van der Waals surface area contributed by atoms with Crippen molar-refractivity contribution in [3.8, 4) is 5.88 Å². The third kappa shape index (κ3) is 2.54. The number of ether oxygens (including phenoxy) is 1. The molecule has 0 saturated carbocycles. The summed E-state index contributed by atoms with van der Waals surface area (Å²) < 4.78 is 6.07. The number of hydrogen-bond donors (Lipinski definition) is 1. The first kappa shape index (κ1) is 12.4. The Bertz CT molecular complexity index is 585. The van der Waals surface area contributed by atoms with Crippen LogP contribution in [0.3, 0.4) is 0 Å². The molecule has 3 rings (SSSR count). The predicted molar refractivity (Wildman–Crippen MR) is 75.3 cm³/mol. The maximum atomic E-state index is 6.07. The van der Waals surface area contributed by atoms with E-state index in [2.05, 4.69) is 22.2 Å². The summed E-state index contributed by atoms with van der Waals surface area (Å²) in [5.41, 5.74) is 2.66. The molecule has 1 saturated heterocycles. The van der Waals surface area contributed by atoms with Crippen LogP contribution in [0.1, 0.15) is 19.0 Å². The van der Waals surface area contributed by atoms with E-state index in [0.717, 1.165) is 36.2 Å². The van der Waals surface area contributed by atoms with Gasteiger partial charge in [0.1, 0.15) is 11.8 Å². The number of nitrogens with one attached hydrogen (secondary N) is 1. The molecule has 0 aliphatic carbocycles. The van der Waals surface area contributed by atoms with Crippen LogP contribution in [0.25, 0.3) is 11.0 Å². The highest BCUT2D eigenvalue weighted by atomic mass is 16.5. The molecule has 1 aromatic heterocycles. The van der Waals surface area contributed by atoms with Gasteiger partial charge in [-0.15, -0.1) is 0 Å². The van der Waals surface area contributed by atoms with Crippen molar-refractivity contribution in [2.24, 2.45) is 5.92 Å². The van der Waals surface area contributed by atoms with E-state index in [-0.39, 0.29) is 6.10 Å². The van der Waals surface area contributed by atoms with Gasteiger partial charge in [-0.2, -0.15) is 0 Å². The predicted octanol–water partition coefficient (Wildman–Crippen LogP) is 2.32. The zero-order valence-electron chi connectivity index (χ0n) is 11.4. The van der Waals surface area contributed by atoms with Gasteiger partial charge in [0.2, 0.25) is 5.88 Å². The molecular weight excluding hydrogens is 238 g/mol. The third-order valence-corrected chi connectivity index (χ3v) is 3.72. The second-order valence-electron chi connectivity index (χ2n) is 5.23. The molecule has 0 radical (unpaired) electrons. The first-order valence-corrected chi connectivity index (χ1v) is 6.85. The summed E-state index contributed by atoms with van der Waals surface area (Å²) in [7, 11) is 0. The average molecular weight is 257 g/mol. The number of fused-ring (bicyclic) bond motifs is 1. The van der Waals surface area contributed by atoms with Gasteiger partial charge in [0.25, 0.3) is 0 Å². The fourth-order valence-corrected chi connectivity index (χ4v) is 2.45. The average Bonchev–Trinajstić information content (AvgIpc) is 2.42. The standard InChI is InChI=1S/C15H19N3O/c1-10-7-8-16-9-14(10)19-15-11(2)17-12-5-3-4-6-13(12)18-15/h3-6,10,14,16H,7-9H2,1-2H3. The molecule has 4 nitrogen and oxygen atoms in total. The van der Waals surface area contributed by atoms with Gasteiger partial charge in [-0.25, -0.2) is 9.97 Å². The lowest BCUT2D eigenvalue weighted by Crippen LogP contribution is -2.43. The summed E-state index contributed by atoms with van der Waals surface area (Å²) >= 11 is 0. The Labute approximate surface area is 113 Å². The topological polar surface area (TPSA) is 47.0 Å². The number of piperidine rings is 1. The quantitative estimate of drug-likeness (QED) is 0.897. The smallest absolute Gasteiger partial charge is 0.236 e. The van der Waals surface area contributed by atoms with Gasteiger partial charge in [-0.3, -0.25) is 0 Å². The van der Waals surface area contributed by atoms with Crippen LogP contribution in [0.4, 0.5) is 0 Å². The first-order chi connectivity index (χ1) is 9.24. The highest BCUT2D eigenvalue weighted by Crippen LogP contribution is 2.22. The molecule has 1 aliphatic rings. The van der Waals surface area contributed by atoms with E-state index in [1.54, 1.807) is 0 Å². The molecule has 2 heterocycles. The Hall–Kier alpha value is -1.68. The van der Waals surface area contributed by atoms with Crippen molar-refractivity contribution in [1.82, 2.24) is 15.3 Å². The van der Waals surface area contributed by atoms with Crippen molar-refractivity contribution < 1.29 is 4.74 Å². The van der Waals surface area contributed by atoms with Crippen LogP contribution >= 0.6 is 0 Å². The van der Waals surface area contributed by atoms with Gasteiger partial charge in [0, 0.05) is 6.54 Å². The number of aryl methyl sites for hydroxylation is 1. The summed E-state index contributed by atoms with van der Waals surface area (Å²) in [6.07, 6.45) is 1.33. The van der Waals surface area contributed by atoms with E-state index >= 15 is 0 Å². The highest BCUT2D eigenvalue weighted by molar-refractivity contribution is 5.74. The number of rotatable bonds is 2. The van der Waals surface area contributed by atoms with E-state index in [4.69, 9.17) is 4.74 Å². The molecule has 1 N–H and O–H groups in total. The number of hydrogen-bond acceptors (Lipinski definition) is 4. The van der Waals surface area contributed by atoms with Crippen LogP contribution in [0, 0.1) is 12.8 Å². The Morgan fingerprint density at radius 2 is 1.95 bits per heavy atom. The van der Waals surface area contributed by atoms with Crippen molar-refractivity contribution in [3.05, 3.63) is 30.0 Å². The molecule has 2 aromatic rings. The van der Waals surface area contributed by atoms with Crippen LogP contribution in [-0.2, 0) is 0 Å². The minimum Gasteiger partial charge on any atom is -0.471 e. The van der Waals surface area contributed by atoms with Crippen molar-refractivity contribution in [2.75, 3.05) is 13.1 Å². The molecule has 19 heavy (non-hydrogen) atoms. The second-order valence-corrected chi connectivity index (χ2v) is 5.23. The van der Waals surface area contributed by atoms with Gasteiger partial charge >= 0.3 is 0 Å². The van der Waals surface area contributed by atoms with Gasteiger partial charge in [-0.1, -0.05) is 19.1 Å². The van der Waals surface area contributed by atoms with Crippen LogP contribution in [0.2, 0.25) is 0 Å². The zero-order valence-corrected chi connectivity index (χ0v) is 11.4. The fourth-order valence-electron chi connectivity index (χ4n) is 2.45. The van der Waals surface area contributed by atoms with Crippen molar-refractivity contribution in [1.29, 1.82) is 0 Å². The Morgan fingerprint density at radius 1 is 1.21 bits per heavy atom. The Balaban J connectivity index is 1.89. The lowest BCUT2D eigenvalue weighted by molar-refractivity contribution is 0.109. The Kier molecular flexibility index (Phi) is 3.34. The molecule has 1 aromatic carbocycles. The Morgan fingerprint density at radius 3 is 2.68 bits per heavy atom. The molecular formula is C15H19N3O. The molecule has 2 atom stereocenters. The molecule has 4 heteroatoms. The number of para-hydroxylation sites is 2. The van der Waals surface area contributed by atoms with Crippen molar-refractivity contribution in [3.63, 3.8) is 0 Å². The molecule has 2 unspecified atom stereocenters. The zero-order chi connectivity index (χ0) is 13.2. The van der Waals surface area contributed by atoms with E-state index < -0.39 is 0 Å². The van der Waals surface area contributed by atoms with Crippen LogP contribution < -0.4 is 10.1 Å². The molecule has 0 spiro atoms. The third-order valence-electron chi connectivity index (χ3n) is 3.72. The SMILES string of the molecule is Cc1nc2ccccc2nc1OC1CNCCC1C. The fraction of sp³-hybridized carbons (Fsp3) is 0.467. The molecule has 0 bridgehead atoms. The van der Waals surface area contributed by atoms with E-state index in [1.165, 1.54) is 0 Å². The van der Waals surface area contributed by atoms with Crippen LogP contribution in [-0.4, -0.2) is 29.2 Å². The van der Waals surface area contributed by atoms with E-state index in [9.17, 15) is 0 Å². The van der Waals surface area contributed by atoms with E-state index in [1.807, 2.05) is 31.2 Å². The maximum Gasteiger partial charge on any atom is 0.236 e.